The highest BCUT2D eigenvalue weighted by Gasteiger charge is 2.28. The quantitative estimate of drug-likeness (QED) is 0.457. The number of nitrogens with zero attached hydrogens (tertiary/aromatic N) is 1. The first-order valence-electron chi connectivity index (χ1n) is 3.47. The third kappa shape index (κ3) is 1.91. The van der Waals surface area contributed by atoms with E-state index in [1.165, 1.54) is 0 Å². The molecule has 0 aliphatic heterocycles. The Hall–Kier alpha value is -1.69. The number of allylic oxidation sites excluding steroid dienone is 1. The normalized spacial score (nSPS) is 26.7. The largest absolute Gasteiger partial charge is 0.481 e. The van der Waals surface area contributed by atoms with Crippen LogP contribution in [0.5, 0.6) is 0 Å². The number of nitro groups is 1. The van der Waals surface area contributed by atoms with Gasteiger partial charge in [-0.05, 0) is 0 Å². The molecule has 0 saturated heterocycles. The van der Waals surface area contributed by atoms with Gasteiger partial charge in [-0.3, -0.25) is 14.9 Å². The number of carbonyl (C=O) groups is 1. The molecule has 13 heavy (non-hydrogen) atoms. The molecule has 1 aliphatic rings. The zero-order valence-corrected chi connectivity index (χ0v) is 6.45. The first-order chi connectivity index (χ1) is 6.02. The van der Waals surface area contributed by atoms with E-state index >= 15 is 0 Å². The van der Waals surface area contributed by atoms with Crippen LogP contribution in [0, 0.1) is 16.0 Å². The fraction of sp³-hybridized carbons (Fsp3) is 0.286. The molecule has 0 saturated carbocycles. The topological polar surface area (TPSA) is 101 Å². The van der Waals surface area contributed by atoms with Gasteiger partial charge in [-0.25, -0.2) is 0 Å². The van der Waals surface area contributed by atoms with Crippen LogP contribution in [0.3, 0.4) is 0 Å². The van der Waals surface area contributed by atoms with Crippen LogP contribution < -0.4 is 0 Å². The molecule has 70 valence electrons. The van der Waals surface area contributed by atoms with E-state index in [0.29, 0.717) is 0 Å². The molecular weight excluding hydrogens is 178 g/mol. The van der Waals surface area contributed by atoms with E-state index in [0.717, 1.165) is 18.2 Å². The molecule has 0 aromatic rings. The maximum Gasteiger partial charge on any atom is 0.313 e. The van der Waals surface area contributed by atoms with Gasteiger partial charge in [0.2, 0.25) is 0 Å². The Morgan fingerprint density at radius 2 is 2.23 bits per heavy atom. The molecule has 1 aliphatic carbocycles. The average Bonchev–Trinajstić information content (AvgIpc) is 2.03. The van der Waals surface area contributed by atoms with Crippen molar-refractivity contribution in [1.29, 1.82) is 0 Å². The van der Waals surface area contributed by atoms with Crippen LogP contribution in [0.2, 0.25) is 0 Å². The maximum atomic E-state index is 10.4. The Kier molecular flexibility index (Phi) is 2.43. The molecular formula is C7H7NO5. The van der Waals surface area contributed by atoms with E-state index in [1.54, 1.807) is 0 Å². The summed E-state index contributed by atoms with van der Waals surface area (Å²) in [6, 6.07) is 0. The lowest BCUT2D eigenvalue weighted by Gasteiger charge is -2.14. The van der Waals surface area contributed by atoms with Crippen molar-refractivity contribution in [3.8, 4) is 0 Å². The SMILES string of the molecule is O=C(O)[C@@H]1C=CC([N+](=O)[O-])=C[C@H]1O. The van der Waals surface area contributed by atoms with Gasteiger partial charge in [0.25, 0.3) is 5.70 Å². The molecule has 6 nitrogen and oxygen atoms in total. The zero-order chi connectivity index (χ0) is 10.0. The van der Waals surface area contributed by atoms with Gasteiger partial charge in [0.1, 0.15) is 5.92 Å². The van der Waals surface area contributed by atoms with Crippen molar-refractivity contribution < 1.29 is 19.9 Å². The molecule has 0 amide bonds. The summed E-state index contributed by atoms with van der Waals surface area (Å²) in [6.07, 6.45) is 1.76. The van der Waals surface area contributed by atoms with Gasteiger partial charge in [-0.1, -0.05) is 6.08 Å². The second kappa shape index (κ2) is 3.36. The first-order valence-corrected chi connectivity index (χ1v) is 3.47. The lowest BCUT2D eigenvalue weighted by Crippen LogP contribution is -2.27. The van der Waals surface area contributed by atoms with Gasteiger partial charge in [0.15, 0.2) is 0 Å². The van der Waals surface area contributed by atoms with E-state index in [9.17, 15) is 14.9 Å². The number of carboxylic acid groups (broad SMARTS) is 1. The minimum atomic E-state index is -1.33. The van der Waals surface area contributed by atoms with Crippen LogP contribution in [0.25, 0.3) is 0 Å². The fourth-order valence-corrected chi connectivity index (χ4v) is 1.00. The Morgan fingerprint density at radius 1 is 1.62 bits per heavy atom. The van der Waals surface area contributed by atoms with Gasteiger partial charge in [0.05, 0.1) is 11.0 Å². The third-order valence-electron chi connectivity index (χ3n) is 1.68. The van der Waals surface area contributed by atoms with Crippen molar-refractivity contribution in [2.75, 3.05) is 0 Å². The summed E-state index contributed by atoms with van der Waals surface area (Å²) in [5.74, 6) is -2.30. The highest BCUT2D eigenvalue weighted by Crippen LogP contribution is 2.17. The Labute approximate surface area is 72.9 Å². The van der Waals surface area contributed by atoms with Crippen LogP contribution in [-0.2, 0) is 4.79 Å². The Bertz CT molecular complexity index is 306. The predicted molar refractivity (Wildman–Crippen MR) is 41.4 cm³/mol. The number of hydrogen-bond donors (Lipinski definition) is 2. The molecule has 0 fully saturated rings. The molecule has 0 heterocycles. The molecule has 0 aromatic heterocycles. The molecule has 0 aromatic carbocycles. The van der Waals surface area contributed by atoms with Gasteiger partial charge < -0.3 is 10.2 Å². The second-order valence-corrected chi connectivity index (χ2v) is 2.56. The maximum absolute atomic E-state index is 10.4. The van der Waals surface area contributed by atoms with Crippen molar-refractivity contribution in [3.63, 3.8) is 0 Å². The molecule has 0 radical (unpaired) electrons. The van der Waals surface area contributed by atoms with E-state index in [4.69, 9.17) is 10.2 Å². The van der Waals surface area contributed by atoms with Crippen molar-refractivity contribution in [2.24, 2.45) is 5.92 Å². The van der Waals surface area contributed by atoms with Crippen LogP contribution in [0.4, 0.5) is 0 Å². The van der Waals surface area contributed by atoms with E-state index in [2.05, 4.69) is 0 Å². The zero-order valence-electron chi connectivity index (χ0n) is 6.45. The highest BCUT2D eigenvalue weighted by molar-refractivity contribution is 5.73. The molecule has 2 atom stereocenters. The lowest BCUT2D eigenvalue weighted by atomic mass is 9.97. The van der Waals surface area contributed by atoms with E-state index in [-0.39, 0.29) is 5.70 Å². The molecule has 0 unspecified atom stereocenters. The second-order valence-electron chi connectivity index (χ2n) is 2.56. The summed E-state index contributed by atoms with van der Waals surface area (Å²) in [7, 11) is 0. The first kappa shape index (κ1) is 9.40. The molecule has 6 heteroatoms. The number of aliphatic hydroxyl groups excluding tert-OH is 1. The lowest BCUT2D eigenvalue weighted by molar-refractivity contribution is -0.420. The Morgan fingerprint density at radius 3 is 2.62 bits per heavy atom. The number of aliphatic carboxylic acids is 1. The van der Waals surface area contributed by atoms with Crippen molar-refractivity contribution >= 4 is 5.97 Å². The summed E-state index contributed by atoms with van der Waals surface area (Å²) in [4.78, 5) is 20.0. The third-order valence-corrected chi connectivity index (χ3v) is 1.68. The minimum Gasteiger partial charge on any atom is -0.481 e. The minimum absolute atomic E-state index is 0.287. The average molecular weight is 185 g/mol. The molecule has 0 spiro atoms. The van der Waals surface area contributed by atoms with Crippen molar-refractivity contribution in [3.05, 3.63) is 34.0 Å². The number of hydrogen-bond acceptors (Lipinski definition) is 4. The van der Waals surface area contributed by atoms with Crippen LogP contribution in [-0.4, -0.2) is 27.2 Å². The summed E-state index contributed by atoms with van der Waals surface area (Å²) in [6.45, 7) is 0. The molecule has 2 N–H and O–H groups in total. The van der Waals surface area contributed by atoms with Crippen LogP contribution in [0.1, 0.15) is 0 Å². The summed E-state index contributed by atoms with van der Waals surface area (Å²) < 4.78 is 0. The van der Waals surface area contributed by atoms with Crippen LogP contribution >= 0.6 is 0 Å². The highest BCUT2D eigenvalue weighted by atomic mass is 16.6. The smallest absolute Gasteiger partial charge is 0.313 e. The van der Waals surface area contributed by atoms with Crippen LogP contribution in [0.15, 0.2) is 23.9 Å². The summed E-state index contributed by atoms with van der Waals surface area (Å²) in [5.41, 5.74) is -0.287. The Balaban J connectivity index is 2.85. The molecule has 1 rings (SSSR count). The standard InChI is InChI=1S/C7H7NO5/c9-6-3-4(8(12)13)1-2-5(6)7(10)11/h1-3,5-6,9H,(H,10,11)/t5-,6-/m1/s1. The fourth-order valence-electron chi connectivity index (χ4n) is 1.00. The predicted octanol–water partition coefficient (Wildman–Crippen LogP) is -0.221. The van der Waals surface area contributed by atoms with Gasteiger partial charge >= 0.3 is 5.97 Å². The van der Waals surface area contributed by atoms with Gasteiger partial charge in [-0.15, -0.1) is 0 Å². The van der Waals surface area contributed by atoms with Gasteiger partial charge in [-0.2, -0.15) is 0 Å². The number of aliphatic hydroxyl groups is 1. The number of rotatable bonds is 2. The van der Waals surface area contributed by atoms with E-state index < -0.39 is 22.9 Å². The van der Waals surface area contributed by atoms with Crippen molar-refractivity contribution in [1.82, 2.24) is 0 Å². The summed E-state index contributed by atoms with van der Waals surface area (Å²) >= 11 is 0. The van der Waals surface area contributed by atoms with Gasteiger partial charge in [0, 0.05) is 12.2 Å². The molecule has 0 bridgehead atoms. The van der Waals surface area contributed by atoms with Crippen molar-refractivity contribution in [2.45, 2.75) is 6.10 Å². The summed E-state index contributed by atoms with van der Waals surface area (Å²) in [5, 5.41) is 27.9. The van der Waals surface area contributed by atoms with E-state index in [1.807, 2.05) is 0 Å². The monoisotopic (exact) mass is 185 g/mol. The number of carboxylic acids is 1.